The van der Waals surface area contributed by atoms with Gasteiger partial charge in [0.1, 0.15) is 0 Å². The van der Waals surface area contributed by atoms with Gasteiger partial charge in [0.2, 0.25) is 5.95 Å². The van der Waals surface area contributed by atoms with Gasteiger partial charge < -0.3 is 10.3 Å². The Morgan fingerprint density at radius 1 is 1.41 bits per heavy atom. The average molecular weight is 227 g/mol. The van der Waals surface area contributed by atoms with Gasteiger partial charge in [0.15, 0.2) is 0 Å². The number of nitriles is 1. The Morgan fingerprint density at radius 2 is 2.29 bits per heavy atom. The molecule has 3 N–H and O–H groups in total. The number of nitrogens with zero attached hydrogens (tertiary/aromatic N) is 2. The van der Waals surface area contributed by atoms with Gasteiger partial charge in [-0.05, 0) is 18.2 Å². The second kappa shape index (κ2) is 4.81. The zero-order chi connectivity index (χ0) is 12.1. The van der Waals surface area contributed by atoms with E-state index in [1.807, 2.05) is 6.07 Å². The lowest BCUT2D eigenvalue weighted by Gasteiger charge is -2.05. The van der Waals surface area contributed by atoms with E-state index in [0.29, 0.717) is 17.2 Å². The van der Waals surface area contributed by atoms with E-state index in [2.05, 4.69) is 20.6 Å². The second-order valence-corrected chi connectivity index (χ2v) is 3.21. The monoisotopic (exact) mass is 227 g/mol. The quantitative estimate of drug-likeness (QED) is 0.731. The minimum absolute atomic E-state index is 0.360. The van der Waals surface area contributed by atoms with Crippen molar-refractivity contribution in [1.29, 1.82) is 5.26 Å². The van der Waals surface area contributed by atoms with Gasteiger partial charge in [0, 0.05) is 18.1 Å². The number of anilines is 2. The Balaban J connectivity index is 2.01. The first-order valence-electron chi connectivity index (χ1n) is 4.85. The fourth-order valence-corrected chi connectivity index (χ4v) is 1.27. The minimum atomic E-state index is -0.421. The lowest BCUT2D eigenvalue weighted by atomic mass is 10.2. The molecule has 0 spiro atoms. The molecule has 0 atom stereocenters. The van der Waals surface area contributed by atoms with Crippen molar-refractivity contribution in [2.75, 3.05) is 10.6 Å². The van der Waals surface area contributed by atoms with E-state index in [9.17, 15) is 4.79 Å². The van der Waals surface area contributed by atoms with Crippen LogP contribution in [0.5, 0.6) is 0 Å². The van der Waals surface area contributed by atoms with Crippen molar-refractivity contribution < 1.29 is 4.79 Å². The number of amides is 2. The number of hydrogen-bond donors (Lipinski definition) is 3. The van der Waals surface area contributed by atoms with Crippen LogP contribution in [0.4, 0.5) is 16.4 Å². The molecule has 0 unspecified atom stereocenters. The Bertz CT molecular complexity index is 555. The molecule has 17 heavy (non-hydrogen) atoms. The molecule has 2 aromatic rings. The number of carbonyl (C=O) groups is 1. The van der Waals surface area contributed by atoms with Crippen molar-refractivity contribution in [3.8, 4) is 6.07 Å². The van der Waals surface area contributed by atoms with Crippen LogP contribution in [-0.4, -0.2) is 16.0 Å². The van der Waals surface area contributed by atoms with Gasteiger partial charge in [0.25, 0.3) is 0 Å². The van der Waals surface area contributed by atoms with Crippen LogP contribution in [0.2, 0.25) is 0 Å². The third-order valence-corrected chi connectivity index (χ3v) is 1.98. The maximum Gasteiger partial charge on any atom is 0.326 e. The number of H-pyrrole nitrogens is 1. The molecule has 1 aromatic carbocycles. The summed E-state index contributed by atoms with van der Waals surface area (Å²) in [6.45, 7) is 0. The van der Waals surface area contributed by atoms with Gasteiger partial charge >= 0.3 is 6.03 Å². The molecular weight excluding hydrogens is 218 g/mol. The van der Waals surface area contributed by atoms with Gasteiger partial charge in [-0.1, -0.05) is 6.07 Å². The summed E-state index contributed by atoms with van der Waals surface area (Å²) in [6, 6.07) is 8.21. The highest BCUT2D eigenvalue weighted by atomic mass is 16.2. The van der Waals surface area contributed by atoms with E-state index in [-0.39, 0.29) is 0 Å². The zero-order valence-electron chi connectivity index (χ0n) is 8.77. The number of hydrogen-bond acceptors (Lipinski definition) is 3. The fraction of sp³-hybridized carbons (Fsp3) is 0. The SMILES string of the molecule is N#Cc1cccc(NC(=O)Nc2ncc[nH]2)c1. The molecule has 2 amide bonds. The van der Waals surface area contributed by atoms with Gasteiger partial charge in [-0.2, -0.15) is 5.26 Å². The molecule has 0 saturated heterocycles. The van der Waals surface area contributed by atoms with E-state index in [1.165, 1.54) is 6.20 Å². The summed E-state index contributed by atoms with van der Waals surface area (Å²) < 4.78 is 0. The van der Waals surface area contributed by atoms with Crippen LogP contribution < -0.4 is 10.6 Å². The lowest BCUT2D eigenvalue weighted by molar-refractivity contribution is 0.262. The van der Waals surface area contributed by atoms with Gasteiger partial charge in [-0.15, -0.1) is 0 Å². The molecule has 1 aromatic heterocycles. The van der Waals surface area contributed by atoms with Crippen molar-refractivity contribution in [3.63, 3.8) is 0 Å². The summed E-state index contributed by atoms with van der Waals surface area (Å²) in [6.07, 6.45) is 3.14. The number of benzene rings is 1. The summed E-state index contributed by atoms with van der Waals surface area (Å²) in [7, 11) is 0. The molecule has 6 nitrogen and oxygen atoms in total. The van der Waals surface area contributed by atoms with Crippen LogP contribution in [0.25, 0.3) is 0 Å². The summed E-state index contributed by atoms with van der Waals surface area (Å²) in [4.78, 5) is 18.1. The van der Waals surface area contributed by atoms with Crippen molar-refractivity contribution in [3.05, 3.63) is 42.2 Å². The minimum Gasteiger partial charge on any atom is -0.331 e. The molecule has 0 saturated carbocycles. The van der Waals surface area contributed by atoms with Crippen LogP contribution in [0.3, 0.4) is 0 Å². The van der Waals surface area contributed by atoms with Crippen molar-refractivity contribution >= 4 is 17.7 Å². The summed E-state index contributed by atoms with van der Waals surface area (Å²) in [5.41, 5.74) is 1.04. The van der Waals surface area contributed by atoms with Crippen LogP contribution in [0.1, 0.15) is 5.56 Å². The van der Waals surface area contributed by atoms with Crippen molar-refractivity contribution in [1.82, 2.24) is 9.97 Å². The molecule has 0 radical (unpaired) electrons. The molecule has 0 bridgehead atoms. The number of carbonyl (C=O) groups excluding carboxylic acids is 1. The third-order valence-electron chi connectivity index (χ3n) is 1.98. The summed E-state index contributed by atoms with van der Waals surface area (Å²) in [5.74, 6) is 0.360. The van der Waals surface area contributed by atoms with Crippen LogP contribution in [0.15, 0.2) is 36.7 Å². The van der Waals surface area contributed by atoms with Gasteiger partial charge in [0.05, 0.1) is 11.6 Å². The van der Waals surface area contributed by atoms with Crippen molar-refractivity contribution in [2.45, 2.75) is 0 Å². The predicted molar refractivity (Wildman–Crippen MR) is 62.4 cm³/mol. The van der Waals surface area contributed by atoms with Crippen LogP contribution >= 0.6 is 0 Å². The van der Waals surface area contributed by atoms with E-state index in [1.54, 1.807) is 30.5 Å². The highest BCUT2D eigenvalue weighted by Crippen LogP contribution is 2.10. The van der Waals surface area contributed by atoms with E-state index < -0.39 is 6.03 Å². The number of rotatable bonds is 2. The number of aromatic amines is 1. The number of aromatic nitrogens is 2. The smallest absolute Gasteiger partial charge is 0.326 e. The van der Waals surface area contributed by atoms with Crippen LogP contribution in [0, 0.1) is 11.3 Å². The number of urea groups is 1. The zero-order valence-corrected chi connectivity index (χ0v) is 8.77. The molecule has 6 heteroatoms. The first kappa shape index (κ1) is 10.7. The molecule has 84 valence electrons. The molecule has 0 aliphatic rings. The standard InChI is InChI=1S/C11H9N5O/c12-7-8-2-1-3-9(6-8)15-11(17)16-10-13-4-5-14-10/h1-6H,(H3,13,14,15,16,17). The third kappa shape index (κ3) is 2.82. The van der Waals surface area contributed by atoms with E-state index >= 15 is 0 Å². The second-order valence-electron chi connectivity index (χ2n) is 3.21. The highest BCUT2D eigenvalue weighted by Gasteiger charge is 2.03. The van der Waals surface area contributed by atoms with E-state index in [0.717, 1.165) is 0 Å². The molecule has 1 heterocycles. The first-order chi connectivity index (χ1) is 8.28. The maximum atomic E-state index is 11.5. The Kier molecular flexibility index (Phi) is 3.03. The molecular formula is C11H9N5O. The predicted octanol–water partition coefficient (Wildman–Crippen LogP) is 1.93. The Hall–Kier alpha value is -2.81. The summed E-state index contributed by atoms with van der Waals surface area (Å²) >= 11 is 0. The maximum absolute atomic E-state index is 11.5. The Labute approximate surface area is 97.3 Å². The average Bonchev–Trinajstić information content (AvgIpc) is 2.82. The number of nitrogens with one attached hydrogen (secondary N) is 3. The number of imidazole rings is 1. The highest BCUT2D eigenvalue weighted by molar-refractivity contribution is 5.98. The summed E-state index contributed by atoms with van der Waals surface area (Å²) in [5, 5.41) is 13.8. The molecule has 0 aliphatic heterocycles. The Morgan fingerprint density at radius 3 is 3.00 bits per heavy atom. The lowest BCUT2D eigenvalue weighted by Crippen LogP contribution is -2.20. The van der Waals surface area contributed by atoms with Crippen LogP contribution in [-0.2, 0) is 0 Å². The normalized spacial score (nSPS) is 9.35. The van der Waals surface area contributed by atoms with E-state index in [4.69, 9.17) is 5.26 Å². The topological polar surface area (TPSA) is 93.6 Å². The molecule has 0 fully saturated rings. The van der Waals surface area contributed by atoms with Gasteiger partial charge in [-0.3, -0.25) is 5.32 Å². The van der Waals surface area contributed by atoms with Crippen molar-refractivity contribution in [2.24, 2.45) is 0 Å². The molecule has 2 rings (SSSR count). The first-order valence-corrected chi connectivity index (χ1v) is 4.85. The largest absolute Gasteiger partial charge is 0.331 e. The fourth-order valence-electron chi connectivity index (χ4n) is 1.27. The molecule has 0 aliphatic carbocycles. The van der Waals surface area contributed by atoms with Gasteiger partial charge in [-0.25, -0.2) is 9.78 Å².